The van der Waals surface area contributed by atoms with E-state index in [2.05, 4.69) is 39.2 Å². The Morgan fingerprint density at radius 1 is 0.520 bits per heavy atom. The van der Waals surface area contributed by atoms with Crippen molar-refractivity contribution < 1.29 is 4.98 Å². The minimum absolute atomic E-state index is 0.222. The maximum absolute atomic E-state index is 6.13. The van der Waals surface area contributed by atoms with Gasteiger partial charge < -0.3 is 0 Å². The highest BCUT2D eigenvalue weighted by atomic mass is 35.5. The summed E-state index contributed by atoms with van der Waals surface area (Å²) in [7, 11) is 0. The minimum atomic E-state index is 0.222. The molecule has 1 N–H and O–H groups in total. The van der Waals surface area contributed by atoms with Crippen LogP contribution in [0.15, 0.2) is 84.9 Å². The number of nitrogens with zero attached hydrogens (tertiary/aromatic N) is 2. The van der Waals surface area contributed by atoms with Crippen LogP contribution in [0.4, 0.5) is 0 Å². The second-order valence-corrected chi connectivity index (χ2v) is 5.96. The molecule has 4 rings (SSSR count). The van der Waals surface area contributed by atoms with Crippen molar-refractivity contribution in [3.05, 3.63) is 90.2 Å². The molecule has 0 unspecified atom stereocenters. The van der Waals surface area contributed by atoms with Gasteiger partial charge in [-0.1, -0.05) is 70.6 Å². The fourth-order valence-electron chi connectivity index (χ4n) is 2.70. The predicted octanol–water partition coefficient (Wildman–Crippen LogP) is 4.95. The van der Waals surface area contributed by atoms with Gasteiger partial charge in [0.15, 0.2) is 0 Å². The summed E-state index contributed by atoms with van der Waals surface area (Å²) in [4.78, 5) is 11.9. The van der Waals surface area contributed by atoms with Gasteiger partial charge in [-0.15, -0.1) is 0 Å². The quantitative estimate of drug-likeness (QED) is 0.527. The van der Waals surface area contributed by atoms with Crippen molar-refractivity contribution in [2.24, 2.45) is 0 Å². The molecule has 0 saturated carbocycles. The summed E-state index contributed by atoms with van der Waals surface area (Å²) >= 11 is 6.13. The standard InChI is InChI=1S/C21H14ClN3/c22-21-24-19(17-9-5-2-6-10-17)23-20(25-21)18-13-11-16(12-14-18)15-7-3-1-4-8-15/h1-14H/p+1. The summed E-state index contributed by atoms with van der Waals surface area (Å²) in [6.07, 6.45) is 0. The van der Waals surface area contributed by atoms with Gasteiger partial charge in [0.1, 0.15) is 0 Å². The normalized spacial score (nSPS) is 10.6. The van der Waals surface area contributed by atoms with Crippen LogP contribution in [0.3, 0.4) is 0 Å². The van der Waals surface area contributed by atoms with Crippen molar-refractivity contribution in [1.29, 1.82) is 0 Å². The summed E-state index contributed by atoms with van der Waals surface area (Å²) in [6.45, 7) is 0. The van der Waals surface area contributed by atoms with E-state index in [4.69, 9.17) is 11.6 Å². The van der Waals surface area contributed by atoms with E-state index >= 15 is 0 Å². The zero-order valence-corrected chi connectivity index (χ0v) is 14.1. The molecule has 0 fully saturated rings. The molecular weight excluding hydrogens is 330 g/mol. The Hall–Kier alpha value is -3.04. The van der Waals surface area contributed by atoms with E-state index in [9.17, 15) is 0 Å². The van der Waals surface area contributed by atoms with Crippen LogP contribution in [0, 0.1) is 0 Å². The van der Waals surface area contributed by atoms with Crippen LogP contribution in [0.25, 0.3) is 33.9 Å². The van der Waals surface area contributed by atoms with Gasteiger partial charge >= 0.3 is 5.28 Å². The molecule has 0 spiro atoms. The highest BCUT2D eigenvalue weighted by Crippen LogP contribution is 2.23. The first-order valence-corrected chi connectivity index (χ1v) is 8.35. The molecular formula is C21H15ClN3+. The van der Waals surface area contributed by atoms with Crippen molar-refractivity contribution in [3.63, 3.8) is 0 Å². The number of aromatic nitrogens is 3. The Labute approximate surface area is 151 Å². The van der Waals surface area contributed by atoms with Crippen LogP contribution < -0.4 is 4.98 Å². The molecule has 120 valence electrons. The number of aromatic amines is 1. The minimum Gasteiger partial charge on any atom is -0.240 e. The molecule has 4 heteroatoms. The molecule has 1 heterocycles. The van der Waals surface area contributed by atoms with Crippen molar-refractivity contribution >= 4 is 11.6 Å². The third kappa shape index (κ3) is 3.42. The van der Waals surface area contributed by atoms with Crippen LogP contribution in [-0.2, 0) is 0 Å². The Morgan fingerprint density at radius 2 is 0.920 bits per heavy atom. The first-order valence-electron chi connectivity index (χ1n) is 7.98. The molecule has 0 atom stereocenters. The second-order valence-electron chi connectivity index (χ2n) is 5.62. The van der Waals surface area contributed by atoms with Crippen molar-refractivity contribution in [1.82, 2.24) is 9.97 Å². The Balaban J connectivity index is 1.71. The number of nitrogens with one attached hydrogen (secondary N) is 1. The summed E-state index contributed by atoms with van der Waals surface area (Å²) in [6, 6.07) is 28.4. The number of H-pyrrole nitrogens is 1. The van der Waals surface area contributed by atoms with Gasteiger partial charge in [0.25, 0.3) is 11.6 Å². The maximum atomic E-state index is 6.13. The second kappa shape index (κ2) is 6.83. The molecule has 3 nitrogen and oxygen atoms in total. The lowest BCUT2D eigenvalue weighted by atomic mass is 10.0. The summed E-state index contributed by atoms with van der Waals surface area (Å²) < 4.78 is 0. The molecule has 25 heavy (non-hydrogen) atoms. The molecule has 0 aliphatic heterocycles. The van der Waals surface area contributed by atoms with Crippen LogP contribution in [0.1, 0.15) is 0 Å². The number of halogens is 1. The molecule has 0 aliphatic carbocycles. The van der Waals surface area contributed by atoms with Gasteiger partial charge in [0, 0.05) is 0 Å². The zero-order valence-electron chi connectivity index (χ0n) is 13.4. The molecule has 0 radical (unpaired) electrons. The van der Waals surface area contributed by atoms with Gasteiger partial charge in [0.05, 0.1) is 11.1 Å². The van der Waals surface area contributed by atoms with E-state index in [1.165, 1.54) is 5.56 Å². The van der Waals surface area contributed by atoms with Gasteiger partial charge in [-0.25, -0.2) is 4.98 Å². The van der Waals surface area contributed by atoms with E-state index in [1.54, 1.807) is 0 Å². The van der Waals surface area contributed by atoms with Crippen molar-refractivity contribution in [3.8, 4) is 33.9 Å². The summed E-state index contributed by atoms with van der Waals surface area (Å²) in [5.74, 6) is 1.39. The smallest absolute Gasteiger partial charge is 0.240 e. The monoisotopic (exact) mass is 344 g/mol. The highest BCUT2D eigenvalue weighted by Gasteiger charge is 2.16. The number of hydrogen-bond acceptors (Lipinski definition) is 2. The number of rotatable bonds is 3. The molecule has 3 aromatic carbocycles. The van der Waals surface area contributed by atoms with Gasteiger partial charge in [0.2, 0.25) is 0 Å². The van der Waals surface area contributed by atoms with Crippen molar-refractivity contribution in [2.75, 3.05) is 0 Å². The van der Waals surface area contributed by atoms with Crippen LogP contribution >= 0.6 is 11.6 Å². The maximum Gasteiger partial charge on any atom is 0.372 e. The first kappa shape index (κ1) is 15.5. The largest absolute Gasteiger partial charge is 0.372 e. The number of benzene rings is 3. The highest BCUT2D eigenvalue weighted by molar-refractivity contribution is 6.28. The summed E-state index contributed by atoms with van der Waals surface area (Å²) in [5, 5.41) is 0.222. The Kier molecular flexibility index (Phi) is 4.23. The topological polar surface area (TPSA) is 39.9 Å². The third-order valence-electron chi connectivity index (χ3n) is 3.96. The van der Waals surface area contributed by atoms with E-state index in [0.29, 0.717) is 11.6 Å². The first-order chi connectivity index (χ1) is 12.3. The average Bonchev–Trinajstić information content (AvgIpc) is 2.69. The SMILES string of the molecule is Clc1nc(-c2ccccc2)[nH+]c(-c2ccc(-c3ccccc3)cc2)n1. The van der Waals surface area contributed by atoms with Gasteiger partial charge in [-0.3, -0.25) is 0 Å². The fraction of sp³-hybridized carbons (Fsp3) is 0. The zero-order chi connectivity index (χ0) is 17.1. The molecule has 0 aliphatic rings. The van der Waals surface area contributed by atoms with E-state index in [0.717, 1.165) is 16.7 Å². The van der Waals surface area contributed by atoms with Gasteiger partial charge in [-0.05, 0) is 47.0 Å². The number of hydrogen-bond donors (Lipinski definition) is 0. The van der Waals surface area contributed by atoms with Gasteiger partial charge in [-0.2, -0.15) is 0 Å². The van der Waals surface area contributed by atoms with Crippen LogP contribution in [-0.4, -0.2) is 9.97 Å². The molecule has 0 amide bonds. The third-order valence-corrected chi connectivity index (χ3v) is 4.13. The van der Waals surface area contributed by atoms with Crippen molar-refractivity contribution in [2.45, 2.75) is 0 Å². The average molecular weight is 345 g/mol. The van der Waals surface area contributed by atoms with E-state index < -0.39 is 0 Å². The molecule has 4 aromatic rings. The molecule has 0 saturated heterocycles. The van der Waals surface area contributed by atoms with Crippen LogP contribution in [0.2, 0.25) is 5.28 Å². The van der Waals surface area contributed by atoms with E-state index in [-0.39, 0.29) is 5.28 Å². The molecule has 0 bridgehead atoms. The van der Waals surface area contributed by atoms with Crippen LogP contribution in [0.5, 0.6) is 0 Å². The Morgan fingerprint density at radius 3 is 1.48 bits per heavy atom. The Bertz CT molecular complexity index is 985. The van der Waals surface area contributed by atoms with E-state index in [1.807, 2.05) is 60.7 Å². The molecule has 1 aromatic heterocycles. The lowest BCUT2D eigenvalue weighted by molar-refractivity contribution is -0.359. The summed E-state index contributed by atoms with van der Waals surface area (Å²) in [5.41, 5.74) is 4.27. The lowest BCUT2D eigenvalue weighted by Crippen LogP contribution is -2.15. The predicted molar refractivity (Wildman–Crippen MR) is 99.9 cm³/mol. The lowest BCUT2D eigenvalue weighted by Gasteiger charge is -2.03. The fourth-order valence-corrected chi connectivity index (χ4v) is 2.87.